The molecule has 0 aromatic carbocycles. The fraction of sp³-hybridized carbons (Fsp3) is 1.00. The quantitative estimate of drug-likeness (QED) is 0.853. The highest BCUT2D eigenvalue weighted by Gasteiger charge is 2.38. The van der Waals surface area contributed by atoms with Crippen LogP contribution in [-0.2, 0) is 0 Å². The second kappa shape index (κ2) is 6.76. The van der Waals surface area contributed by atoms with Gasteiger partial charge < -0.3 is 5.32 Å². The summed E-state index contributed by atoms with van der Waals surface area (Å²) in [6.45, 7) is 6.13. The first-order valence-corrected chi connectivity index (χ1v) is 8.99. The summed E-state index contributed by atoms with van der Waals surface area (Å²) in [6, 6.07) is 3.26. The van der Waals surface area contributed by atoms with Crippen LogP contribution in [0.25, 0.3) is 0 Å². The van der Waals surface area contributed by atoms with Crippen LogP contribution in [0.4, 0.5) is 0 Å². The van der Waals surface area contributed by atoms with Gasteiger partial charge in [-0.05, 0) is 52.1 Å². The van der Waals surface area contributed by atoms with Gasteiger partial charge in [0.25, 0.3) is 0 Å². The van der Waals surface area contributed by atoms with Crippen molar-refractivity contribution in [2.75, 3.05) is 26.7 Å². The lowest BCUT2D eigenvalue weighted by Crippen LogP contribution is -2.54. The van der Waals surface area contributed by atoms with Gasteiger partial charge in [-0.25, -0.2) is 0 Å². The maximum Gasteiger partial charge on any atom is 0.0250 e. The first kappa shape index (κ1) is 14.8. The van der Waals surface area contributed by atoms with E-state index in [-0.39, 0.29) is 0 Å². The molecule has 20 heavy (non-hydrogen) atoms. The molecule has 2 heterocycles. The minimum absolute atomic E-state index is 0.755. The van der Waals surface area contributed by atoms with Crippen molar-refractivity contribution >= 4 is 0 Å². The molecule has 0 aromatic heterocycles. The van der Waals surface area contributed by atoms with Gasteiger partial charge in [-0.2, -0.15) is 0 Å². The molecular formula is C17H33N3. The van der Waals surface area contributed by atoms with Gasteiger partial charge in [-0.1, -0.05) is 19.8 Å². The molecule has 0 aromatic rings. The van der Waals surface area contributed by atoms with E-state index in [0.717, 1.165) is 24.2 Å². The van der Waals surface area contributed by atoms with E-state index in [2.05, 4.69) is 29.1 Å². The van der Waals surface area contributed by atoms with E-state index in [4.69, 9.17) is 0 Å². The second-order valence-electron chi connectivity index (χ2n) is 7.25. The molecule has 2 saturated heterocycles. The molecule has 3 nitrogen and oxygen atoms in total. The van der Waals surface area contributed by atoms with E-state index >= 15 is 0 Å². The maximum absolute atomic E-state index is 3.84. The molecule has 3 rings (SSSR count). The molecule has 3 heteroatoms. The summed E-state index contributed by atoms with van der Waals surface area (Å²) >= 11 is 0. The van der Waals surface area contributed by atoms with Crippen LogP contribution in [0.15, 0.2) is 0 Å². The topological polar surface area (TPSA) is 18.5 Å². The Bertz CT molecular complexity index is 307. The number of rotatable bonds is 4. The molecule has 2 bridgehead atoms. The number of nitrogens with one attached hydrogen (secondary N) is 1. The van der Waals surface area contributed by atoms with E-state index < -0.39 is 0 Å². The lowest BCUT2D eigenvalue weighted by atomic mass is 9.88. The summed E-state index contributed by atoms with van der Waals surface area (Å²) in [5.74, 6) is 0. The molecule has 2 aliphatic heterocycles. The van der Waals surface area contributed by atoms with E-state index in [1.54, 1.807) is 0 Å². The van der Waals surface area contributed by atoms with E-state index in [1.165, 1.54) is 71.0 Å². The highest BCUT2D eigenvalue weighted by molar-refractivity contribution is 4.96. The molecule has 116 valence electrons. The standard InChI is InChI=1S/C17H33N3/c1-3-11-18-16-6-4-5-7-17(16)20-12-10-14-8-9-15(13-20)19(14)2/h14-18H,3-13H2,1-2H3. The van der Waals surface area contributed by atoms with Crippen molar-refractivity contribution in [1.82, 2.24) is 15.1 Å². The lowest BCUT2D eigenvalue weighted by Gasteiger charge is -2.41. The van der Waals surface area contributed by atoms with Crippen LogP contribution >= 0.6 is 0 Å². The largest absolute Gasteiger partial charge is 0.312 e. The maximum atomic E-state index is 3.84. The van der Waals surface area contributed by atoms with Crippen molar-refractivity contribution in [3.8, 4) is 0 Å². The smallest absolute Gasteiger partial charge is 0.0250 e. The fourth-order valence-electron chi connectivity index (χ4n) is 4.75. The van der Waals surface area contributed by atoms with Gasteiger partial charge in [0.1, 0.15) is 0 Å². The Balaban J connectivity index is 1.64. The molecule has 0 radical (unpaired) electrons. The van der Waals surface area contributed by atoms with Crippen LogP contribution in [0.1, 0.15) is 58.3 Å². The number of likely N-dealkylation sites (tertiary alicyclic amines) is 1. The second-order valence-corrected chi connectivity index (χ2v) is 7.25. The highest BCUT2D eigenvalue weighted by atomic mass is 15.3. The molecule has 1 aliphatic carbocycles. The van der Waals surface area contributed by atoms with Gasteiger partial charge in [-0.3, -0.25) is 9.80 Å². The number of fused-ring (bicyclic) bond motifs is 2. The van der Waals surface area contributed by atoms with Crippen LogP contribution in [0.3, 0.4) is 0 Å². The molecule has 3 aliphatic rings. The zero-order valence-corrected chi connectivity index (χ0v) is 13.5. The lowest BCUT2D eigenvalue weighted by molar-refractivity contribution is 0.110. The SMILES string of the molecule is CCCNC1CCCCC1N1CCC2CCC(C1)N2C. The van der Waals surface area contributed by atoms with Gasteiger partial charge in [0, 0.05) is 37.3 Å². The number of hydrogen-bond donors (Lipinski definition) is 1. The zero-order chi connectivity index (χ0) is 13.9. The first-order chi connectivity index (χ1) is 9.79. The van der Waals surface area contributed by atoms with Crippen LogP contribution in [0, 0.1) is 0 Å². The molecule has 0 spiro atoms. The highest BCUT2D eigenvalue weighted by Crippen LogP contribution is 2.32. The first-order valence-electron chi connectivity index (χ1n) is 8.99. The number of likely N-dealkylation sites (N-methyl/N-ethyl adjacent to an activating group) is 1. The average molecular weight is 279 g/mol. The minimum Gasteiger partial charge on any atom is -0.312 e. The molecule has 4 unspecified atom stereocenters. The normalized spacial score (nSPS) is 39.9. The van der Waals surface area contributed by atoms with Crippen LogP contribution in [-0.4, -0.2) is 60.6 Å². The molecule has 3 fully saturated rings. The number of nitrogens with zero attached hydrogens (tertiary/aromatic N) is 2. The van der Waals surface area contributed by atoms with Crippen molar-refractivity contribution in [3.63, 3.8) is 0 Å². The predicted molar refractivity (Wildman–Crippen MR) is 85.1 cm³/mol. The van der Waals surface area contributed by atoms with Gasteiger partial charge in [0.15, 0.2) is 0 Å². The Morgan fingerprint density at radius 1 is 1.00 bits per heavy atom. The van der Waals surface area contributed by atoms with Gasteiger partial charge in [0.05, 0.1) is 0 Å². The molecule has 1 N–H and O–H groups in total. The van der Waals surface area contributed by atoms with Crippen molar-refractivity contribution in [3.05, 3.63) is 0 Å². The molecule has 4 atom stereocenters. The summed E-state index contributed by atoms with van der Waals surface area (Å²) in [5, 5.41) is 3.84. The Morgan fingerprint density at radius 3 is 2.65 bits per heavy atom. The summed E-state index contributed by atoms with van der Waals surface area (Å²) in [6.07, 6.45) is 11.2. The third-order valence-corrected chi connectivity index (χ3v) is 6.03. The van der Waals surface area contributed by atoms with Crippen LogP contribution in [0.2, 0.25) is 0 Å². The summed E-state index contributed by atoms with van der Waals surface area (Å²) in [7, 11) is 2.36. The Hall–Kier alpha value is -0.120. The van der Waals surface area contributed by atoms with Crippen molar-refractivity contribution in [1.29, 1.82) is 0 Å². The fourth-order valence-corrected chi connectivity index (χ4v) is 4.75. The Kier molecular flexibility index (Phi) is 5.00. The Labute approximate surface area is 125 Å². The van der Waals surface area contributed by atoms with E-state index in [1.807, 2.05) is 0 Å². The van der Waals surface area contributed by atoms with Crippen molar-refractivity contribution < 1.29 is 0 Å². The van der Waals surface area contributed by atoms with Crippen LogP contribution in [0.5, 0.6) is 0 Å². The number of hydrogen-bond acceptors (Lipinski definition) is 3. The van der Waals surface area contributed by atoms with Crippen LogP contribution < -0.4 is 5.32 Å². The van der Waals surface area contributed by atoms with Gasteiger partial charge in [0.2, 0.25) is 0 Å². The average Bonchev–Trinajstić information content (AvgIpc) is 2.71. The van der Waals surface area contributed by atoms with E-state index in [9.17, 15) is 0 Å². The molecular weight excluding hydrogens is 246 g/mol. The summed E-state index contributed by atoms with van der Waals surface area (Å²) in [5.41, 5.74) is 0. The molecule has 1 saturated carbocycles. The van der Waals surface area contributed by atoms with E-state index in [0.29, 0.717) is 0 Å². The van der Waals surface area contributed by atoms with Gasteiger partial charge >= 0.3 is 0 Å². The Morgan fingerprint density at radius 2 is 1.80 bits per heavy atom. The summed E-state index contributed by atoms with van der Waals surface area (Å²) < 4.78 is 0. The van der Waals surface area contributed by atoms with Crippen molar-refractivity contribution in [2.24, 2.45) is 0 Å². The summed E-state index contributed by atoms with van der Waals surface area (Å²) in [4.78, 5) is 5.53. The minimum atomic E-state index is 0.755. The zero-order valence-electron chi connectivity index (χ0n) is 13.5. The third-order valence-electron chi connectivity index (χ3n) is 6.03. The predicted octanol–water partition coefficient (Wildman–Crippen LogP) is 2.47. The monoisotopic (exact) mass is 279 g/mol. The van der Waals surface area contributed by atoms with Gasteiger partial charge in [-0.15, -0.1) is 0 Å². The van der Waals surface area contributed by atoms with Crippen molar-refractivity contribution in [2.45, 2.75) is 82.5 Å². The third kappa shape index (κ3) is 3.05. The molecule has 0 amide bonds.